The van der Waals surface area contributed by atoms with E-state index in [1.807, 2.05) is 0 Å². The summed E-state index contributed by atoms with van der Waals surface area (Å²) in [5, 5.41) is 17.3. The van der Waals surface area contributed by atoms with E-state index in [9.17, 15) is 27.9 Å². The van der Waals surface area contributed by atoms with Crippen LogP contribution < -0.4 is 11.2 Å². The normalized spacial score (nSPS) is 26.9. The Balaban J connectivity index is 2.43. The molecule has 0 amide bonds. The second-order valence-electron chi connectivity index (χ2n) is 4.32. The number of thioether (sulfide) groups is 1. The quantitative estimate of drug-likeness (QED) is 0.709. The number of aromatic nitrogens is 2. The lowest BCUT2D eigenvalue weighted by Crippen LogP contribution is -2.35. The second-order valence-corrected chi connectivity index (χ2v) is 5.74. The third kappa shape index (κ3) is 2.76. The number of nitrogens with one attached hydrogen (secondary N) is 1. The molecule has 0 bridgehead atoms. The number of halogens is 3. The lowest BCUT2D eigenvalue weighted by molar-refractivity contribution is -0.139. The fourth-order valence-corrected chi connectivity index (χ4v) is 3.33. The highest BCUT2D eigenvalue weighted by Gasteiger charge is 2.38. The van der Waals surface area contributed by atoms with Crippen molar-refractivity contribution in [2.24, 2.45) is 0 Å². The molecule has 0 saturated carbocycles. The van der Waals surface area contributed by atoms with E-state index >= 15 is 0 Å². The molecule has 1 aromatic rings. The largest absolute Gasteiger partial charge is 0.423 e. The zero-order valence-corrected chi connectivity index (χ0v) is 10.7. The number of alkyl halides is 3. The number of rotatable bonds is 2. The molecule has 20 heavy (non-hydrogen) atoms. The van der Waals surface area contributed by atoms with E-state index in [4.69, 9.17) is 5.11 Å². The van der Waals surface area contributed by atoms with Crippen molar-refractivity contribution in [1.29, 1.82) is 0 Å². The van der Waals surface area contributed by atoms with Crippen molar-refractivity contribution in [1.82, 2.24) is 9.55 Å². The first kappa shape index (κ1) is 15.1. The van der Waals surface area contributed by atoms with Crippen LogP contribution in [0, 0.1) is 0 Å². The van der Waals surface area contributed by atoms with Gasteiger partial charge in [0, 0.05) is 12.6 Å². The zero-order valence-electron chi connectivity index (χ0n) is 9.92. The van der Waals surface area contributed by atoms with Crippen molar-refractivity contribution in [2.45, 2.75) is 29.3 Å². The number of aliphatic hydroxyl groups excluding tert-OH is 2. The molecule has 1 aliphatic rings. The Morgan fingerprint density at radius 2 is 2.10 bits per heavy atom. The Bertz CT molecular complexity index is 612. The van der Waals surface area contributed by atoms with Crippen molar-refractivity contribution < 1.29 is 23.4 Å². The molecule has 1 fully saturated rings. The minimum Gasteiger partial charge on any atom is -0.395 e. The Kier molecular flexibility index (Phi) is 3.98. The molecule has 0 spiro atoms. The van der Waals surface area contributed by atoms with E-state index in [2.05, 4.69) is 0 Å². The summed E-state index contributed by atoms with van der Waals surface area (Å²) in [4.78, 5) is 24.4. The van der Waals surface area contributed by atoms with Gasteiger partial charge in [0.05, 0.1) is 23.3 Å². The Morgan fingerprint density at radius 3 is 2.60 bits per heavy atom. The van der Waals surface area contributed by atoms with Crippen LogP contribution in [0.3, 0.4) is 0 Å². The summed E-state index contributed by atoms with van der Waals surface area (Å²) in [5.41, 5.74) is -3.95. The van der Waals surface area contributed by atoms with Crippen LogP contribution in [0.1, 0.15) is 17.4 Å². The van der Waals surface area contributed by atoms with Crippen LogP contribution in [0.25, 0.3) is 0 Å². The Morgan fingerprint density at radius 1 is 1.45 bits per heavy atom. The number of nitrogens with zero attached hydrogens (tertiary/aromatic N) is 1. The summed E-state index contributed by atoms with van der Waals surface area (Å²) in [6, 6.07) is 0. The third-order valence-corrected chi connectivity index (χ3v) is 4.51. The lowest BCUT2D eigenvalue weighted by Gasteiger charge is -2.15. The molecule has 0 aromatic carbocycles. The van der Waals surface area contributed by atoms with Crippen LogP contribution in [0.5, 0.6) is 0 Å². The summed E-state index contributed by atoms with van der Waals surface area (Å²) >= 11 is 0.985. The topological polar surface area (TPSA) is 95.3 Å². The average molecular weight is 312 g/mol. The predicted octanol–water partition coefficient (Wildman–Crippen LogP) is -0.0873. The molecular weight excluding hydrogens is 301 g/mol. The fourth-order valence-electron chi connectivity index (χ4n) is 1.95. The van der Waals surface area contributed by atoms with Crippen molar-refractivity contribution in [2.75, 3.05) is 6.61 Å². The second kappa shape index (κ2) is 5.26. The van der Waals surface area contributed by atoms with Gasteiger partial charge in [0.2, 0.25) is 0 Å². The molecule has 2 heterocycles. The zero-order chi connectivity index (χ0) is 15.1. The van der Waals surface area contributed by atoms with E-state index in [0.29, 0.717) is 6.20 Å². The van der Waals surface area contributed by atoms with Crippen molar-refractivity contribution in [3.63, 3.8) is 0 Å². The number of H-pyrrole nitrogens is 1. The first-order chi connectivity index (χ1) is 9.24. The van der Waals surface area contributed by atoms with Gasteiger partial charge in [-0.15, -0.1) is 11.8 Å². The van der Waals surface area contributed by atoms with Crippen LogP contribution in [0.4, 0.5) is 13.2 Å². The Hall–Kier alpha value is -1.26. The molecule has 112 valence electrons. The van der Waals surface area contributed by atoms with E-state index in [1.54, 1.807) is 4.98 Å². The molecule has 1 aromatic heterocycles. The van der Waals surface area contributed by atoms with Crippen molar-refractivity contribution in [3.8, 4) is 0 Å². The van der Waals surface area contributed by atoms with Crippen LogP contribution in [0.2, 0.25) is 0 Å². The summed E-state index contributed by atoms with van der Waals surface area (Å²) in [5.74, 6) is 0. The molecule has 0 radical (unpaired) electrons. The summed E-state index contributed by atoms with van der Waals surface area (Å²) in [6.07, 6.45) is -5.34. The van der Waals surface area contributed by atoms with Gasteiger partial charge in [-0.05, 0) is 0 Å². The van der Waals surface area contributed by atoms with E-state index in [-0.39, 0.29) is 13.0 Å². The number of hydrogen-bond donors (Lipinski definition) is 3. The van der Waals surface area contributed by atoms with Crippen LogP contribution in [-0.2, 0) is 6.18 Å². The first-order valence-electron chi connectivity index (χ1n) is 5.61. The van der Waals surface area contributed by atoms with Gasteiger partial charge in [-0.1, -0.05) is 0 Å². The molecule has 1 saturated heterocycles. The molecule has 1 aliphatic heterocycles. The van der Waals surface area contributed by atoms with E-state index in [0.717, 1.165) is 16.3 Å². The molecule has 10 heteroatoms. The van der Waals surface area contributed by atoms with Gasteiger partial charge < -0.3 is 10.2 Å². The first-order valence-corrected chi connectivity index (χ1v) is 6.55. The number of aliphatic hydroxyl groups is 2. The van der Waals surface area contributed by atoms with Gasteiger partial charge in [-0.3, -0.25) is 14.3 Å². The lowest BCUT2D eigenvalue weighted by atomic mass is 10.2. The molecule has 3 atom stereocenters. The summed E-state index contributed by atoms with van der Waals surface area (Å²) < 4.78 is 38.6. The summed E-state index contributed by atoms with van der Waals surface area (Å²) in [7, 11) is 0. The minimum absolute atomic E-state index is 0.0130. The highest BCUT2D eigenvalue weighted by Crippen LogP contribution is 2.40. The van der Waals surface area contributed by atoms with Gasteiger partial charge in [-0.2, -0.15) is 13.2 Å². The van der Waals surface area contributed by atoms with Gasteiger partial charge in [0.25, 0.3) is 5.56 Å². The predicted molar refractivity (Wildman–Crippen MR) is 64.5 cm³/mol. The fraction of sp³-hybridized carbons (Fsp3) is 0.600. The van der Waals surface area contributed by atoms with Gasteiger partial charge in [0.15, 0.2) is 0 Å². The minimum atomic E-state index is -4.87. The van der Waals surface area contributed by atoms with Crippen molar-refractivity contribution in [3.05, 3.63) is 32.6 Å². The average Bonchev–Trinajstić information content (AvgIpc) is 2.68. The third-order valence-electron chi connectivity index (χ3n) is 2.97. The molecule has 2 rings (SSSR count). The SMILES string of the molecule is O=c1[nH]c(=O)n([C@@H]2CC(O)C(CO)S2)cc1C(F)(F)F. The van der Waals surface area contributed by atoms with Gasteiger partial charge in [0.1, 0.15) is 5.56 Å². The van der Waals surface area contributed by atoms with E-state index < -0.39 is 39.7 Å². The maximum absolute atomic E-state index is 12.6. The Labute approximate surface area is 114 Å². The maximum atomic E-state index is 12.6. The molecule has 0 aliphatic carbocycles. The molecular formula is C10H11F3N2O4S. The van der Waals surface area contributed by atoms with Gasteiger partial charge in [-0.25, -0.2) is 4.79 Å². The molecule has 2 unspecified atom stereocenters. The number of aromatic amines is 1. The monoisotopic (exact) mass is 312 g/mol. The maximum Gasteiger partial charge on any atom is 0.423 e. The standard InChI is InChI=1S/C10H11F3N2O4S/c11-10(12,13)4-2-15(9(19)14-8(4)18)7-1-5(17)6(3-16)20-7/h2,5-7,16-17H,1,3H2,(H,14,18,19)/t5?,6?,7-/m0/s1. The smallest absolute Gasteiger partial charge is 0.395 e. The van der Waals surface area contributed by atoms with Crippen molar-refractivity contribution >= 4 is 11.8 Å². The molecule has 6 nitrogen and oxygen atoms in total. The highest BCUT2D eigenvalue weighted by molar-refractivity contribution is 8.00. The van der Waals surface area contributed by atoms with E-state index in [1.165, 1.54) is 0 Å². The van der Waals surface area contributed by atoms with Crippen LogP contribution in [-0.4, -0.2) is 37.7 Å². The summed E-state index contributed by atoms with van der Waals surface area (Å²) in [6.45, 7) is -0.355. The van der Waals surface area contributed by atoms with Gasteiger partial charge >= 0.3 is 11.9 Å². The molecule has 3 N–H and O–H groups in total. The van der Waals surface area contributed by atoms with Crippen LogP contribution >= 0.6 is 11.8 Å². The number of hydrogen-bond acceptors (Lipinski definition) is 5. The highest BCUT2D eigenvalue weighted by atomic mass is 32.2. The van der Waals surface area contributed by atoms with Crippen LogP contribution in [0.15, 0.2) is 15.8 Å².